The van der Waals surface area contributed by atoms with E-state index in [1.165, 1.54) is 4.68 Å². The first-order chi connectivity index (χ1) is 8.81. The van der Waals surface area contributed by atoms with Gasteiger partial charge in [0.2, 0.25) is 15.9 Å². The maximum atomic E-state index is 12.2. The van der Waals surface area contributed by atoms with E-state index in [2.05, 4.69) is 15.1 Å². The first kappa shape index (κ1) is 13.8. The second-order valence-electron chi connectivity index (χ2n) is 4.58. The van der Waals surface area contributed by atoms with Gasteiger partial charge in [-0.3, -0.25) is 9.48 Å². The molecule has 4 N–H and O–H groups in total. The fourth-order valence-corrected chi connectivity index (χ4v) is 3.46. The quantitative estimate of drug-likeness (QED) is 0.647. The zero-order valence-corrected chi connectivity index (χ0v) is 11.6. The highest BCUT2D eigenvalue weighted by atomic mass is 32.2. The highest BCUT2D eigenvalue weighted by Gasteiger charge is 2.27. The van der Waals surface area contributed by atoms with E-state index in [0.29, 0.717) is 18.5 Å². The molecule has 0 spiro atoms. The van der Waals surface area contributed by atoms with Gasteiger partial charge in [-0.2, -0.15) is 5.10 Å². The average Bonchev–Trinajstić information content (AvgIpc) is 2.82. The van der Waals surface area contributed by atoms with Gasteiger partial charge in [0.15, 0.2) is 5.82 Å². The Morgan fingerprint density at radius 2 is 2.26 bits per heavy atom. The lowest BCUT2D eigenvalue weighted by molar-refractivity contribution is -0.119. The summed E-state index contributed by atoms with van der Waals surface area (Å²) < 4.78 is 28.2. The van der Waals surface area contributed by atoms with Crippen LogP contribution in [0.3, 0.4) is 0 Å². The molecule has 0 radical (unpaired) electrons. The summed E-state index contributed by atoms with van der Waals surface area (Å²) in [4.78, 5) is 11.0. The number of aryl methyl sites for hydroxylation is 1. The van der Waals surface area contributed by atoms with Crippen LogP contribution in [0, 0.1) is 6.92 Å². The molecule has 1 aliphatic heterocycles. The van der Waals surface area contributed by atoms with Crippen molar-refractivity contribution in [2.75, 3.05) is 12.3 Å². The zero-order valence-electron chi connectivity index (χ0n) is 10.8. The van der Waals surface area contributed by atoms with Crippen LogP contribution in [0.15, 0.2) is 4.90 Å². The van der Waals surface area contributed by atoms with Crippen LogP contribution < -0.4 is 15.8 Å². The minimum atomic E-state index is -3.72. The number of rotatable bonds is 4. The van der Waals surface area contributed by atoms with Crippen molar-refractivity contribution in [1.82, 2.24) is 19.8 Å². The number of hydrogen-bond donors (Lipinski definition) is 3. The summed E-state index contributed by atoms with van der Waals surface area (Å²) in [6.45, 7) is 1.79. The molecule has 1 aromatic rings. The standard InChI is InChI=1S/C10H17N5O3S/c1-6-9(10(11)14-15(6)2)19(17,18)12-5-7-3-4-8(16)13-7/h7,12H,3-5H2,1-2H3,(H2,11,14)(H,13,16). The van der Waals surface area contributed by atoms with Crippen LogP contribution in [0.25, 0.3) is 0 Å². The van der Waals surface area contributed by atoms with Crippen molar-refractivity contribution in [3.63, 3.8) is 0 Å². The van der Waals surface area contributed by atoms with Crippen LogP contribution in [-0.2, 0) is 21.9 Å². The smallest absolute Gasteiger partial charge is 0.246 e. The van der Waals surface area contributed by atoms with Crippen LogP contribution in [0.2, 0.25) is 0 Å². The molecule has 1 atom stereocenters. The van der Waals surface area contributed by atoms with Crippen LogP contribution in [0.5, 0.6) is 0 Å². The van der Waals surface area contributed by atoms with E-state index in [1.54, 1.807) is 14.0 Å². The Morgan fingerprint density at radius 1 is 1.58 bits per heavy atom. The van der Waals surface area contributed by atoms with Crippen LogP contribution >= 0.6 is 0 Å². The van der Waals surface area contributed by atoms with Crippen molar-refractivity contribution < 1.29 is 13.2 Å². The molecule has 9 heteroatoms. The molecule has 1 aliphatic rings. The summed E-state index contributed by atoms with van der Waals surface area (Å²) in [5, 5.41) is 6.57. The van der Waals surface area contributed by atoms with Gasteiger partial charge in [-0.05, 0) is 13.3 Å². The molecule has 1 amide bonds. The molecule has 2 rings (SSSR count). The van der Waals surface area contributed by atoms with E-state index in [4.69, 9.17) is 5.73 Å². The Bertz CT molecular complexity index is 607. The molecule has 0 aromatic carbocycles. The Balaban J connectivity index is 2.12. The number of nitrogens with one attached hydrogen (secondary N) is 2. The lowest BCUT2D eigenvalue weighted by Gasteiger charge is -2.11. The lowest BCUT2D eigenvalue weighted by Crippen LogP contribution is -2.38. The number of carbonyl (C=O) groups is 1. The first-order valence-corrected chi connectivity index (χ1v) is 7.37. The number of nitrogen functional groups attached to an aromatic ring is 1. The number of carbonyl (C=O) groups excluding carboxylic acids is 1. The van der Waals surface area contributed by atoms with Crippen molar-refractivity contribution >= 4 is 21.7 Å². The summed E-state index contributed by atoms with van der Waals surface area (Å²) >= 11 is 0. The van der Waals surface area contributed by atoms with Crippen molar-refractivity contribution in [2.24, 2.45) is 7.05 Å². The third kappa shape index (κ3) is 2.71. The highest BCUT2D eigenvalue weighted by Crippen LogP contribution is 2.20. The van der Waals surface area contributed by atoms with E-state index in [9.17, 15) is 13.2 Å². The molecule has 19 heavy (non-hydrogen) atoms. The zero-order chi connectivity index (χ0) is 14.2. The van der Waals surface area contributed by atoms with Gasteiger partial charge in [-0.15, -0.1) is 0 Å². The topological polar surface area (TPSA) is 119 Å². The minimum absolute atomic E-state index is 0.000626. The normalized spacial score (nSPS) is 19.7. The van der Waals surface area contributed by atoms with Gasteiger partial charge >= 0.3 is 0 Å². The molecule has 1 unspecified atom stereocenters. The average molecular weight is 287 g/mol. The van der Waals surface area contributed by atoms with Gasteiger partial charge < -0.3 is 11.1 Å². The summed E-state index contributed by atoms with van der Waals surface area (Å²) in [6, 6.07) is -0.166. The van der Waals surface area contributed by atoms with E-state index >= 15 is 0 Å². The second kappa shape index (κ2) is 4.82. The number of anilines is 1. The molecule has 1 saturated heterocycles. The molecule has 2 heterocycles. The number of sulfonamides is 1. The second-order valence-corrected chi connectivity index (χ2v) is 6.28. The molecule has 106 valence electrons. The van der Waals surface area contributed by atoms with Gasteiger partial charge in [0.25, 0.3) is 0 Å². The van der Waals surface area contributed by atoms with Crippen molar-refractivity contribution in [3.05, 3.63) is 5.69 Å². The molecule has 0 saturated carbocycles. The molecule has 8 nitrogen and oxygen atoms in total. The maximum Gasteiger partial charge on any atom is 0.246 e. The van der Waals surface area contributed by atoms with Gasteiger partial charge in [0.05, 0.1) is 5.69 Å². The Labute approximate surface area is 111 Å². The van der Waals surface area contributed by atoms with Crippen LogP contribution in [0.4, 0.5) is 5.82 Å². The first-order valence-electron chi connectivity index (χ1n) is 5.89. The summed E-state index contributed by atoms with van der Waals surface area (Å²) in [5.74, 6) is -0.0794. The van der Waals surface area contributed by atoms with Gasteiger partial charge in [-0.25, -0.2) is 13.1 Å². The largest absolute Gasteiger partial charge is 0.381 e. The fraction of sp³-hybridized carbons (Fsp3) is 0.600. The van der Waals surface area contributed by atoms with Crippen molar-refractivity contribution in [3.8, 4) is 0 Å². The number of aromatic nitrogens is 2. The van der Waals surface area contributed by atoms with Gasteiger partial charge in [-0.1, -0.05) is 0 Å². The van der Waals surface area contributed by atoms with E-state index in [1.807, 2.05) is 0 Å². The summed E-state index contributed by atoms with van der Waals surface area (Å²) in [5.41, 5.74) is 6.09. The van der Waals surface area contributed by atoms with E-state index in [0.717, 1.165) is 0 Å². The van der Waals surface area contributed by atoms with E-state index < -0.39 is 10.0 Å². The molecule has 0 aliphatic carbocycles. The molecule has 1 fully saturated rings. The monoisotopic (exact) mass is 287 g/mol. The highest BCUT2D eigenvalue weighted by molar-refractivity contribution is 7.89. The van der Waals surface area contributed by atoms with Gasteiger partial charge in [0.1, 0.15) is 4.90 Å². The molecule has 0 bridgehead atoms. The molecule has 1 aromatic heterocycles. The lowest BCUT2D eigenvalue weighted by atomic mass is 10.2. The number of nitrogens with zero attached hydrogens (tertiary/aromatic N) is 2. The minimum Gasteiger partial charge on any atom is -0.381 e. The Hall–Kier alpha value is -1.61. The van der Waals surface area contributed by atoms with E-state index in [-0.39, 0.29) is 29.2 Å². The van der Waals surface area contributed by atoms with Crippen LogP contribution in [0.1, 0.15) is 18.5 Å². The Morgan fingerprint density at radius 3 is 2.74 bits per heavy atom. The van der Waals surface area contributed by atoms with Crippen molar-refractivity contribution in [2.45, 2.75) is 30.7 Å². The van der Waals surface area contributed by atoms with Crippen LogP contribution in [-0.4, -0.2) is 36.7 Å². The van der Waals surface area contributed by atoms with Crippen molar-refractivity contribution in [1.29, 1.82) is 0 Å². The predicted octanol–water partition coefficient (Wildman–Crippen LogP) is -1.13. The van der Waals surface area contributed by atoms with Gasteiger partial charge in [0, 0.05) is 26.1 Å². The number of amides is 1. The maximum absolute atomic E-state index is 12.2. The predicted molar refractivity (Wildman–Crippen MR) is 68.7 cm³/mol. The third-order valence-electron chi connectivity index (χ3n) is 3.18. The number of hydrogen-bond acceptors (Lipinski definition) is 5. The molecular weight excluding hydrogens is 270 g/mol. The number of nitrogens with two attached hydrogens (primary N) is 1. The Kier molecular flexibility index (Phi) is 3.50. The third-order valence-corrected chi connectivity index (χ3v) is 4.77. The summed E-state index contributed by atoms with van der Waals surface area (Å²) in [7, 11) is -2.09. The molecular formula is C10H17N5O3S. The SMILES string of the molecule is Cc1c(S(=O)(=O)NCC2CCC(=O)N2)c(N)nn1C. The fourth-order valence-electron chi connectivity index (χ4n) is 2.06. The summed E-state index contributed by atoms with van der Waals surface area (Å²) in [6.07, 6.45) is 1.06.